The van der Waals surface area contributed by atoms with Crippen LogP contribution in [0.3, 0.4) is 0 Å². The Morgan fingerprint density at radius 3 is 2.65 bits per heavy atom. The molecule has 4 N–H and O–H groups in total. The number of rotatable bonds is 8. The summed E-state index contributed by atoms with van der Waals surface area (Å²) in [6, 6.07) is 4.83. The quantitative estimate of drug-likeness (QED) is 0.428. The molecule has 6 nitrogen and oxygen atoms in total. The standard InChI is InChI=1S/C18H24Cl2N4O2/c1-11(2)6-4-3-5-7-13-16(21)24(25)18(22)23-17(13)26-15-9-8-12(19)10-14(15)20/h8-11,22,25H,3-7,21H2,1-2H3. The molecular weight excluding hydrogens is 375 g/mol. The Morgan fingerprint density at radius 1 is 1.27 bits per heavy atom. The van der Waals surface area contributed by atoms with Crippen LogP contribution in [0.4, 0.5) is 5.82 Å². The van der Waals surface area contributed by atoms with Crippen LogP contribution < -0.4 is 16.1 Å². The van der Waals surface area contributed by atoms with Crippen LogP contribution in [-0.2, 0) is 6.42 Å². The molecule has 2 aromatic rings. The van der Waals surface area contributed by atoms with Crippen LogP contribution in [0.15, 0.2) is 18.2 Å². The van der Waals surface area contributed by atoms with Gasteiger partial charge in [-0.3, -0.25) is 5.41 Å². The third-order valence-electron chi connectivity index (χ3n) is 4.01. The van der Waals surface area contributed by atoms with Gasteiger partial charge in [0.25, 0.3) is 5.62 Å². The Morgan fingerprint density at radius 2 is 2.00 bits per heavy atom. The second kappa shape index (κ2) is 9.14. The van der Waals surface area contributed by atoms with E-state index in [-0.39, 0.29) is 11.7 Å². The normalized spacial score (nSPS) is 11.1. The lowest BCUT2D eigenvalue weighted by Gasteiger charge is -2.15. The molecule has 0 saturated heterocycles. The first kappa shape index (κ1) is 20.4. The molecule has 0 atom stereocenters. The fourth-order valence-corrected chi connectivity index (χ4v) is 3.02. The molecule has 2 rings (SSSR count). The number of unbranched alkanes of at least 4 members (excludes halogenated alkanes) is 2. The molecule has 0 aliphatic rings. The van der Waals surface area contributed by atoms with Gasteiger partial charge in [0, 0.05) is 5.02 Å². The van der Waals surface area contributed by atoms with Gasteiger partial charge in [0.15, 0.2) is 5.82 Å². The number of aromatic nitrogens is 2. The Hall–Kier alpha value is -1.92. The lowest BCUT2D eigenvalue weighted by molar-refractivity contribution is 0.169. The molecule has 1 aromatic heterocycles. The Labute approximate surface area is 163 Å². The second-order valence-corrected chi connectivity index (χ2v) is 7.43. The minimum absolute atomic E-state index is 0.0499. The van der Waals surface area contributed by atoms with Crippen LogP contribution in [-0.4, -0.2) is 14.9 Å². The van der Waals surface area contributed by atoms with Crippen molar-refractivity contribution < 1.29 is 9.94 Å². The van der Waals surface area contributed by atoms with E-state index in [9.17, 15) is 5.21 Å². The molecule has 0 amide bonds. The van der Waals surface area contributed by atoms with Gasteiger partial charge in [-0.15, -0.1) is 4.73 Å². The van der Waals surface area contributed by atoms with E-state index in [2.05, 4.69) is 18.8 Å². The van der Waals surface area contributed by atoms with Gasteiger partial charge in [0.1, 0.15) is 5.75 Å². The fourth-order valence-electron chi connectivity index (χ4n) is 2.58. The highest BCUT2D eigenvalue weighted by molar-refractivity contribution is 6.35. The summed E-state index contributed by atoms with van der Waals surface area (Å²) in [4.78, 5) is 4.01. The van der Waals surface area contributed by atoms with Gasteiger partial charge in [-0.25, -0.2) is 0 Å². The fraction of sp³-hybridized carbons (Fsp3) is 0.444. The average molecular weight is 399 g/mol. The molecule has 8 heteroatoms. The van der Waals surface area contributed by atoms with Crippen LogP contribution in [0.2, 0.25) is 10.0 Å². The summed E-state index contributed by atoms with van der Waals surface area (Å²) in [7, 11) is 0. The lowest BCUT2D eigenvalue weighted by Crippen LogP contribution is -2.26. The van der Waals surface area contributed by atoms with Gasteiger partial charge >= 0.3 is 0 Å². The minimum atomic E-state index is -0.411. The summed E-state index contributed by atoms with van der Waals surface area (Å²) in [5, 5.41) is 18.4. The van der Waals surface area contributed by atoms with Crippen molar-refractivity contribution in [2.75, 3.05) is 5.73 Å². The van der Waals surface area contributed by atoms with Gasteiger partial charge in [0.05, 0.1) is 10.6 Å². The van der Waals surface area contributed by atoms with E-state index in [0.29, 0.717) is 38.4 Å². The molecule has 1 aromatic carbocycles. The van der Waals surface area contributed by atoms with Crippen LogP contribution in [0.25, 0.3) is 0 Å². The highest BCUT2D eigenvalue weighted by Crippen LogP contribution is 2.33. The maximum atomic E-state index is 9.89. The molecule has 1 heterocycles. The van der Waals surface area contributed by atoms with E-state index >= 15 is 0 Å². The van der Waals surface area contributed by atoms with Crippen LogP contribution in [0.5, 0.6) is 11.6 Å². The summed E-state index contributed by atoms with van der Waals surface area (Å²) in [6.07, 6.45) is 4.79. The predicted octanol–water partition coefficient (Wildman–Crippen LogP) is 5.04. The number of halogens is 2. The van der Waals surface area contributed by atoms with Crippen molar-refractivity contribution in [2.45, 2.75) is 46.0 Å². The van der Waals surface area contributed by atoms with E-state index in [4.69, 9.17) is 39.1 Å². The van der Waals surface area contributed by atoms with Crippen LogP contribution >= 0.6 is 23.2 Å². The van der Waals surface area contributed by atoms with Gasteiger partial charge < -0.3 is 15.7 Å². The van der Waals surface area contributed by atoms with Crippen LogP contribution in [0, 0.1) is 11.3 Å². The zero-order valence-corrected chi connectivity index (χ0v) is 16.4. The number of anilines is 1. The topological polar surface area (TPSA) is 97.1 Å². The van der Waals surface area contributed by atoms with Gasteiger partial charge in [-0.05, 0) is 37.0 Å². The Kier molecular flexibility index (Phi) is 7.17. The minimum Gasteiger partial charge on any atom is -0.437 e. The number of ether oxygens (including phenoxy) is 1. The number of nitrogen functional groups attached to an aromatic ring is 1. The van der Waals surface area contributed by atoms with E-state index in [1.165, 1.54) is 6.42 Å². The van der Waals surface area contributed by atoms with E-state index in [0.717, 1.165) is 19.3 Å². The third kappa shape index (κ3) is 5.29. The van der Waals surface area contributed by atoms with Crippen molar-refractivity contribution in [3.8, 4) is 11.6 Å². The first-order valence-corrected chi connectivity index (χ1v) is 9.33. The average Bonchev–Trinajstić information content (AvgIpc) is 2.57. The van der Waals surface area contributed by atoms with Crippen LogP contribution in [0.1, 0.15) is 45.1 Å². The first-order chi connectivity index (χ1) is 12.3. The van der Waals surface area contributed by atoms with Crippen molar-refractivity contribution in [1.29, 1.82) is 5.41 Å². The summed E-state index contributed by atoms with van der Waals surface area (Å²) < 4.78 is 6.34. The number of nitrogens with zero attached hydrogens (tertiary/aromatic N) is 2. The Bertz CT molecular complexity index is 822. The number of nitrogens with one attached hydrogen (secondary N) is 1. The molecule has 0 saturated carbocycles. The summed E-state index contributed by atoms with van der Waals surface area (Å²) in [5.41, 5.74) is 6.13. The second-order valence-electron chi connectivity index (χ2n) is 6.59. The number of nitrogens with two attached hydrogens (primary N) is 1. The van der Waals surface area contributed by atoms with Gasteiger partial charge in [-0.2, -0.15) is 4.98 Å². The molecule has 26 heavy (non-hydrogen) atoms. The van der Waals surface area contributed by atoms with Crippen molar-refractivity contribution in [1.82, 2.24) is 9.71 Å². The molecule has 0 bridgehead atoms. The van der Waals surface area contributed by atoms with E-state index in [1.807, 2.05) is 0 Å². The molecular formula is C18H24Cl2N4O2. The van der Waals surface area contributed by atoms with E-state index in [1.54, 1.807) is 18.2 Å². The first-order valence-electron chi connectivity index (χ1n) is 8.57. The number of hydrogen-bond donors (Lipinski definition) is 3. The zero-order chi connectivity index (χ0) is 19.3. The van der Waals surface area contributed by atoms with Crippen molar-refractivity contribution in [2.24, 2.45) is 5.92 Å². The van der Waals surface area contributed by atoms with Crippen molar-refractivity contribution in [3.05, 3.63) is 39.4 Å². The monoisotopic (exact) mass is 398 g/mol. The van der Waals surface area contributed by atoms with Gasteiger partial charge in [-0.1, -0.05) is 56.3 Å². The molecule has 0 aliphatic carbocycles. The largest absolute Gasteiger partial charge is 0.437 e. The predicted molar refractivity (Wildman–Crippen MR) is 103 cm³/mol. The zero-order valence-electron chi connectivity index (χ0n) is 14.9. The van der Waals surface area contributed by atoms with E-state index < -0.39 is 5.62 Å². The third-order valence-corrected chi connectivity index (χ3v) is 4.54. The maximum Gasteiger partial charge on any atom is 0.260 e. The molecule has 0 fully saturated rings. The highest BCUT2D eigenvalue weighted by atomic mass is 35.5. The molecule has 0 aliphatic heterocycles. The maximum absolute atomic E-state index is 9.89. The molecule has 0 spiro atoms. The highest BCUT2D eigenvalue weighted by Gasteiger charge is 2.16. The summed E-state index contributed by atoms with van der Waals surface area (Å²) >= 11 is 12.0. The smallest absolute Gasteiger partial charge is 0.260 e. The molecule has 0 radical (unpaired) electrons. The lowest BCUT2D eigenvalue weighted by atomic mass is 10.0. The van der Waals surface area contributed by atoms with Crippen molar-refractivity contribution in [3.63, 3.8) is 0 Å². The SMILES string of the molecule is CC(C)CCCCCc1c(Oc2ccc(Cl)cc2Cl)nc(=N)n(O)c1N. The molecule has 142 valence electrons. The van der Waals surface area contributed by atoms with Gasteiger partial charge in [0.2, 0.25) is 5.88 Å². The number of benzene rings is 1. The molecule has 0 unspecified atom stereocenters. The number of hydrogen-bond acceptors (Lipinski definition) is 5. The summed E-state index contributed by atoms with van der Waals surface area (Å²) in [6.45, 7) is 4.40. The van der Waals surface area contributed by atoms with Crippen molar-refractivity contribution >= 4 is 29.0 Å². The Balaban J connectivity index is 2.22. The summed E-state index contributed by atoms with van der Waals surface area (Å²) in [5.74, 6) is 1.26.